The molecule has 16 heavy (non-hydrogen) atoms. The van der Waals surface area contributed by atoms with Gasteiger partial charge in [-0.3, -0.25) is 14.9 Å². The lowest BCUT2D eigenvalue weighted by atomic mass is 10.2. The zero-order chi connectivity index (χ0) is 12.1. The number of carbonyl (C=O) groups is 1. The number of nitrogens with zero attached hydrogens (tertiary/aromatic N) is 1. The first-order chi connectivity index (χ1) is 7.54. The molecule has 1 aromatic rings. The highest BCUT2D eigenvalue weighted by atomic mass is 16.6. The van der Waals surface area contributed by atoms with Crippen LogP contribution >= 0.6 is 0 Å². The molecule has 0 heterocycles. The van der Waals surface area contributed by atoms with Gasteiger partial charge in [0.15, 0.2) is 0 Å². The van der Waals surface area contributed by atoms with Gasteiger partial charge < -0.3 is 10.1 Å². The molecule has 0 atom stereocenters. The van der Waals surface area contributed by atoms with Gasteiger partial charge in [-0.2, -0.15) is 0 Å². The number of rotatable bonds is 4. The van der Waals surface area contributed by atoms with Crippen molar-refractivity contribution < 1.29 is 14.5 Å². The Hall–Kier alpha value is -2.11. The number of ether oxygens (including phenoxy) is 1. The number of hydrogen-bond acceptors (Lipinski definition) is 5. The van der Waals surface area contributed by atoms with Gasteiger partial charge in [0.25, 0.3) is 5.69 Å². The van der Waals surface area contributed by atoms with Crippen LogP contribution < -0.4 is 5.32 Å². The summed E-state index contributed by atoms with van der Waals surface area (Å²) in [5, 5.41) is 13.3. The molecule has 0 spiro atoms. The van der Waals surface area contributed by atoms with E-state index >= 15 is 0 Å². The molecular weight excluding hydrogens is 212 g/mol. The Morgan fingerprint density at radius 3 is 2.81 bits per heavy atom. The molecule has 0 aliphatic heterocycles. The van der Waals surface area contributed by atoms with Crippen molar-refractivity contribution in [1.29, 1.82) is 0 Å². The van der Waals surface area contributed by atoms with Crippen molar-refractivity contribution in [3.05, 3.63) is 33.9 Å². The van der Waals surface area contributed by atoms with Gasteiger partial charge in [0.2, 0.25) is 0 Å². The van der Waals surface area contributed by atoms with Crippen LogP contribution in [-0.2, 0) is 9.53 Å². The largest absolute Gasteiger partial charge is 0.468 e. The molecule has 0 amide bonds. The van der Waals surface area contributed by atoms with Crippen molar-refractivity contribution in [3.8, 4) is 0 Å². The second kappa shape index (κ2) is 5.11. The Kier molecular flexibility index (Phi) is 3.82. The molecule has 0 radical (unpaired) electrons. The van der Waals surface area contributed by atoms with Crippen molar-refractivity contribution in [1.82, 2.24) is 0 Å². The van der Waals surface area contributed by atoms with Crippen LogP contribution in [0.2, 0.25) is 0 Å². The lowest BCUT2D eigenvalue weighted by Crippen LogP contribution is -2.15. The molecule has 0 unspecified atom stereocenters. The van der Waals surface area contributed by atoms with Crippen molar-refractivity contribution in [2.45, 2.75) is 6.92 Å². The minimum Gasteiger partial charge on any atom is -0.468 e. The number of carbonyl (C=O) groups excluding carboxylic acids is 1. The number of anilines is 1. The third-order valence-corrected chi connectivity index (χ3v) is 2.08. The topological polar surface area (TPSA) is 81.5 Å². The van der Waals surface area contributed by atoms with Gasteiger partial charge in [-0.15, -0.1) is 0 Å². The number of nitrogens with one attached hydrogen (secondary N) is 1. The third kappa shape index (κ3) is 2.94. The summed E-state index contributed by atoms with van der Waals surface area (Å²) >= 11 is 0. The molecule has 1 aromatic carbocycles. The number of nitro benzene ring substituents is 1. The molecule has 0 bridgehead atoms. The fraction of sp³-hybridized carbons (Fsp3) is 0.300. The quantitative estimate of drug-likeness (QED) is 0.476. The molecule has 0 aromatic heterocycles. The van der Waals surface area contributed by atoms with E-state index in [2.05, 4.69) is 10.1 Å². The second-order valence-corrected chi connectivity index (χ2v) is 3.19. The third-order valence-electron chi connectivity index (χ3n) is 2.08. The monoisotopic (exact) mass is 224 g/mol. The van der Waals surface area contributed by atoms with Crippen molar-refractivity contribution >= 4 is 17.3 Å². The number of benzene rings is 1. The van der Waals surface area contributed by atoms with E-state index in [0.717, 1.165) is 5.56 Å². The maximum atomic E-state index is 10.9. The average Bonchev–Trinajstić information content (AvgIpc) is 2.27. The van der Waals surface area contributed by atoms with Gasteiger partial charge in [0.1, 0.15) is 6.54 Å². The van der Waals surface area contributed by atoms with E-state index < -0.39 is 10.9 Å². The Bertz CT molecular complexity index is 417. The molecule has 0 aliphatic rings. The van der Waals surface area contributed by atoms with Crippen LogP contribution in [-0.4, -0.2) is 24.5 Å². The Morgan fingerprint density at radius 1 is 1.56 bits per heavy atom. The SMILES string of the molecule is COC(=O)CNc1cc([N+](=O)[O-])ccc1C. The van der Waals surface area contributed by atoms with Gasteiger partial charge in [-0.05, 0) is 12.5 Å². The van der Waals surface area contributed by atoms with Crippen LogP contribution in [0.15, 0.2) is 18.2 Å². The number of methoxy groups -OCH3 is 1. The number of non-ortho nitro benzene ring substituents is 1. The maximum absolute atomic E-state index is 10.9. The van der Waals surface area contributed by atoms with Gasteiger partial charge in [0, 0.05) is 17.8 Å². The van der Waals surface area contributed by atoms with Crippen LogP contribution in [0.1, 0.15) is 5.56 Å². The summed E-state index contributed by atoms with van der Waals surface area (Å²) in [7, 11) is 1.28. The standard InChI is InChI=1S/C10H12N2O4/c1-7-3-4-8(12(14)15)5-9(7)11-6-10(13)16-2/h3-5,11H,6H2,1-2H3. The maximum Gasteiger partial charge on any atom is 0.325 e. The van der Waals surface area contributed by atoms with Crippen LogP contribution in [0.5, 0.6) is 0 Å². The number of esters is 1. The summed E-state index contributed by atoms with van der Waals surface area (Å²) in [6, 6.07) is 4.43. The molecule has 0 saturated carbocycles. The fourth-order valence-electron chi connectivity index (χ4n) is 1.15. The number of aryl methyl sites for hydroxylation is 1. The van der Waals surface area contributed by atoms with E-state index in [4.69, 9.17) is 0 Å². The van der Waals surface area contributed by atoms with E-state index in [1.807, 2.05) is 0 Å². The predicted octanol–water partition coefficient (Wildman–Crippen LogP) is 1.49. The van der Waals surface area contributed by atoms with Crippen molar-refractivity contribution in [3.63, 3.8) is 0 Å². The zero-order valence-corrected chi connectivity index (χ0v) is 9.02. The summed E-state index contributed by atoms with van der Waals surface area (Å²) in [6.45, 7) is 1.78. The average molecular weight is 224 g/mol. The first kappa shape index (κ1) is 12.0. The molecule has 6 heteroatoms. The second-order valence-electron chi connectivity index (χ2n) is 3.19. The van der Waals surface area contributed by atoms with E-state index in [-0.39, 0.29) is 12.2 Å². The van der Waals surface area contributed by atoms with Crippen LogP contribution in [0.3, 0.4) is 0 Å². The Morgan fingerprint density at radius 2 is 2.25 bits per heavy atom. The van der Waals surface area contributed by atoms with Gasteiger partial charge in [-0.25, -0.2) is 0 Å². The van der Waals surface area contributed by atoms with E-state index in [9.17, 15) is 14.9 Å². The lowest BCUT2D eigenvalue weighted by molar-refractivity contribution is -0.384. The first-order valence-electron chi connectivity index (χ1n) is 4.60. The summed E-state index contributed by atoms with van der Waals surface area (Å²) in [5.41, 5.74) is 1.37. The summed E-state index contributed by atoms with van der Waals surface area (Å²) in [4.78, 5) is 21.0. The Labute approximate surface area is 92.4 Å². The Balaban J connectivity index is 2.82. The van der Waals surface area contributed by atoms with E-state index in [0.29, 0.717) is 5.69 Å². The minimum atomic E-state index is -0.483. The van der Waals surface area contributed by atoms with Gasteiger partial charge >= 0.3 is 5.97 Å². The lowest BCUT2D eigenvalue weighted by Gasteiger charge is -2.07. The summed E-state index contributed by atoms with van der Waals surface area (Å²) < 4.78 is 4.45. The van der Waals surface area contributed by atoms with E-state index in [1.165, 1.54) is 19.2 Å². The molecule has 0 saturated heterocycles. The van der Waals surface area contributed by atoms with Crippen molar-refractivity contribution in [2.75, 3.05) is 19.0 Å². The highest BCUT2D eigenvalue weighted by Crippen LogP contribution is 2.21. The predicted molar refractivity (Wildman–Crippen MR) is 58.3 cm³/mol. The molecule has 0 fully saturated rings. The van der Waals surface area contributed by atoms with Crippen molar-refractivity contribution in [2.24, 2.45) is 0 Å². The summed E-state index contributed by atoms with van der Waals surface area (Å²) in [6.07, 6.45) is 0. The van der Waals surface area contributed by atoms with Crippen LogP contribution in [0.4, 0.5) is 11.4 Å². The molecule has 1 rings (SSSR count). The van der Waals surface area contributed by atoms with Crippen LogP contribution in [0, 0.1) is 17.0 Å². The molecule has 0 aliphatic carbocycles. The van der Waals surface area contributed by atoms with Crippen LogP contribution in [0.25, 0.3) is 0 Å². The fourth-order valence-corrected chi connectivity index (χ4v) is 1.15. The normalized spacial score (nSPS) is 9.62. The minimum absolute atomic E-state index is 0.0154. The van der Waals surface area contributed by atoms with E-state index in [1.54, 1.807) is 13.0 Å². The molecule has 6 nitrogen and oxygen atoms in total. The molecular formula is C10H12N2O4. The van der Waals surface area contributed by atoms with Gasteiger partial charge in [-0.1, -0.05) is 6.07 Å². The smallest absolute Gasteiger partial charge is 0.325 e. The zero-order valence-electron chi connectivity index (χ0n) is 9.02. The molecule has 86 valence electrons. The highest BCUT2D eigenvalue weighted by molar-refractivity contribution is 5.75. The highest BCUT2D eigenvalue weighted by Gasteiger charge is 2.09. The molecule has 1 N–H and O–H groups in total. The number of nitro groups is 1. The first-order valence-corrected chi connectivity index (χ1v) is 4.60. The summed E-state index contributed by atoms with van der Waals surface area (Å²) in [5.74, 6) is -0.425. The van der Waals surface area contributed by atoms with Gasteiger partial charge in [0.05, 0.1) is 12.0 Å². The number of hydrogen-bond donors (Lipinski definition) is 1.